The third-order valence-corrected chi connectivity index (χ3v) is 5.68. The molecule has 0 amide bonds. The average molecular weight is 414 g/mol. The molecule has 2 heterocycles. The Hall–Kier alpha value is -2.38. The van der Waals surface area contributed by atoms with Crippen LogP contribution >= 0.6 is 11.6 Å². The molecule has 2 aromatic heterocycles. The first kappa shape index (κ1) is 19.9. The Labute approximate surface area is 176 Å². The Morgan fingerprint density at radius 3 is 2.62 bits per heavy atom. The highest BCUT2D eigenvalue weighted by atomic mass is 35.5. The molecular formula is C21H28ClN7. The van der Waals surface area contributed by atoms with Gasteiger partial charge in [0, 0.05) is 29.3 Å². The molecule has 1 fully saturated rings. The number of fused-ring (bicyclic) bond motifs is 1. The molecule has 1 aromatic carbocycles. The molecule has 1 aliphatic rings. The molecule has 8 heteroatoms. The van der Waals surface area contributed by atoms with E-state index in [0.29, 0.717) is 28.9 Å². The molecule has 4 N–H and O–H groups in total. The summed E-state index contributed by atoms with van der Waals surface area (Å²) in [5.74, 6) is 1.33. The number of nitrogens with zero attached hydrogens (tertiary/aromatic N) is 4. The van der Waals surface area contributed by atoms with E-state index in [-0.39, 0.29) is 0 Å². The fourth-order valence-corrected chi connectivity index (χ4v) is 3.83. The predicted octanol–water partition coefficient (Wildman–Crippen LogP) is 4.71. The third-order valence-electron chi connectivity index (χ3n) is 5.43. The second-order valence-corrected chi connectivity index (χ2v) is 8.18. The monoisotopic (exact) mass is 413 g/mol. The number of rotatable bonds is 7. The minimum atomic E-state index is 0.314. The SMILES string of the molecule is CCCCn1cnc2c(Nc3ccc(Cl)cc3)nc(NC3CCC(N)CC3)nc21. The fourth-order valence-electron chi connectivity index (χ4n) is 3.70. The van der Waals surface area contributed by atoms with Gasteiger partial charge in [-0.1, -0.05) is 24.9 Å². The first-order valence-corrected chi connectivity index (χ1v) is 10.8. The van der Waals surface area contributed by atoms with Crippen molar-refractivity contribution in [3.05, 3.63) is 35.6 Å². The molecular weight excluding hydrogens is 386 g/mol. The fraction of sp³-hybridized carbons (Fsp3) is 0.476. The summed E-state index contributed by atoms with van der Waals surface area (Å²) in [6.45, 7) is 3.07. The molecule has 0 spiro atoms. The van der Waals surface area contributed by atoms with Crippen LogP contribution in [-0.4, -0.2) is 31.6 Å². The van der Waals surface area contributed by atoms with E-state index in [1.165, 1.54) is 0 Å². The summed E-state index contributed by atoms with van der Waals surface area (Å²) < 4.78 is 2.11. The van der Waals surface area contributed by atoms with Gasteiger partial charge in [0.25, 0.3) is 0 Å². The summed E-state index contributed by atoms with van der Waals surface area (Å²) in [6, 6.07) is 8.23. The molecule has 3 aromatic rings. The van der Waals surface area contributed by atoms with Gasteiger partial charge >= 0.3 is 0 Å². The molecule has 7 nitrogen and oxygen atoms in total. The van der Waals surface area contributed by atoms with Crippen molar-refractivity contribution in [2.24, 2.45) is 5.73 Å². The Morgan fingerprint density at radius 1 is 1.14 bits per heavy atom. The van der Waals surface area contributed by atoms with Crippen LogP contribution in [0.25, 0.3) is 11.2 Å². The van der Waals surface area contributed by atoms with E-state index in [4.69, 9.17) is 27.3 Å². The number of nitrogens with two attached hydrogens (primary N) is 1. The van der Waals surface area contributed by atoms with Crippen LogP contribution in [0.2, 0.25) is 5.02 Å². The number of aryl methyl sites for hydroxylation is 1. The Morgan fingerprint density at radius 2 is 1.90 bits per heavy atom. The zero-order valence-electron chi connectivity index (χ0n) is 16.7. The zero-order valence-corrected chi connectivity index (χ0v) is 17.5. The summed E-state index contributed by atoms with van der Waals surface area (Å²) >= 11 is 6.02. The lowest BCUT2D eigenvalue weighted by Crippen LogP contribution is -2.33. The number of nitrogens with one attached hydrogen (secondary N) is 2. The van der Waals surface area contributed by atoms with Gasteiger partial charge in [0.2, 0.25) is 5.95 Å². The molecule has 0 unspecified atom stereocenters. The smallest absolute Gasteiger partial charge is 0.227 e. The minimum Gasteiger partial charge on any atom is -0.351 e. The molecule has 4 rings (SSSR count). The first-order valence-electron chi connectivity index (χ1n) is 10.4. The van der Waals surface area contributed by atoms with Crippen LogP contribution < -0.4 is 16.4 Å². The maximum atomic E-state index is 6.05. The van der Waals surface area contributed by atoms with Gasteiger partial charge < -0.3 is 20.9 Å². The number of halogens is 1. The molecule has 1 saturated carbocycles. The molecule has 1 aliphatic carbocycles. The van der Waals surface area contributed by atoms with Crippen molar-refractivity contribution in [3.8, 4) is 0 Å². The standard InChI is InChI=1S/C21H28ClN7/c1-2-3-12-29-13-24-18-19(25-16-8-4-14(22)5-9-16)27-21(28-20(18)29)26-17-10-6-15(23)7-11-17/h4-5,8-9,13,15,17H,2-3,6-7,10-12,23H2,1H3,(H2,25,26,27,28). The number of imidazole rings is 1. The lowest BCUT2D eigenvalue weighted by molar-refractivity contribution is 0.410. The summed E-state index contributed by atoms with van der Waals surface area (Å²) in [7, 11) is 0. The molecule has 0 radical (unpaired) electrons. The number of unbranched alkanes of at least 4 members (excludes halogenated alkanes) is 1. The minimum absolute atomic E-state index is 0.314. The number of benzene rings is 1. The van der Waals surface area contributed by atoms with E-state index in [2.05, 4.69) is 27.1 Å². The van der Waals surface area contributed by atoms with Crippen molar-refractivity contribution < 1.29 is 0 Å². The average Bonchev–Trinajstić information content (AvgIpc) is 3.13. The maximum Gasteiger partial charge on any atom is 0.227 e. The van der Waals surface area contributed by atoms with Crippen molar-refractivity contribution in [2.45, 2.75) is 64.1 Å². The third kappa shape index (κ3) is 4.79. The quantitative estimate of drug-likeness (QED) is 0.519. The lowest BCUT2D eigenvalue weighted by Gasteiger charge is -2.26. The zero-order chi connectivity index (χ0) is 20.2. The van der Waals surface area contributed by atoms with Gasteiger partial charge in [-0.2, -0.15) is 9.97 Å². The number of anilines is 3. The molecule has 0 atom stereocenters. The van der Waals surface area contributed by atoms with E-state index in [9.17, 15) is 0 Å². The van der Waals surface area contributed by atoms with Gasteiger partial charge in [-0.15, -0.1) is 0 Å². The van der Waals surface area contributed by atoms with Crippen LogP contribution in [0.5, 0.6) is 0 Å². The highest BCUT2D eigenvalue weighted by Gasteiger charge is 2.20. The van der Waals surface area contributed by atoms with Crippen molar-refractivity contribution in [2.75, 3.05) is 10.6 Å². The van der Waals surface area contributed by atoms with Gasteiger partial charge in [-0.05, 0) is 56.4 Å². The van der Waals surface area contributed by atoms with Crippen LogP contribution in [-0.2, 0) is 6.54 Å². The van der Waals surface area contributed by atoms with Crippen molar-refractivity contribution in [3.63, 3.8) is 0 Å². The largest absolute Gasteiger partial charge is 0.351 e. The van der Waals surface area contributed by atoms with Gasteiger partial charge in [-0.3, -0.25) is 0 Å². The summed E-state index contributed by atoms with van der Waals surface area (Å²) in [5, 5.41) is 7.60. The second-order valence-electron chi connectivity index (χ2n) is 7.75. The van der Waals surface area contributed by atoms with Crippen LogP contribution in [0.1, 0.15) is 45.4 Å². The lowest BCUT2D eigenvalue weighted by atomic mass is 9.92. The van der Waals surface area contributed by atoms with Crippen molar-refractivity contribution in [1.82, 2.24) is 19.5 Å². The maximum absolute atomic E-state index is 6.05. The van der Waals surface area contributed by atoms with E-state index < -0.39 is 0 Å². The highest BCUT2D eigenvalue weighted by Crippen LogP contribution is 2.27. The van der Waals surface area contributed by atoms with E-state index in [1.807, 2.05) is 30.6 Å². The van der Waals surface area contributed by atoms with Gasteiger partial charge in [0.15, 0.2) is 17.0 Å². The van der Waals surface area contributed by atoms with Crippen LogP contribution in [0.4, 0.5) is 17.5 Å². The molecule has 0 aliphatic heterocycles. The van der Waals surface area contributed by atoms with E-state index in [1.54, 1.807) is 0 Å². The summed E-state index contributed by atoms with van der Waals surface area (Å²) in [6.07, 6.45) is 8.20. The van der Waals surface area contributed by atoms with E-state index in [0.717, 1.165) is 61.9 Å². The topological polar surface area (TPSA) is 93.7 Å². The normalized spacial score (nSPS) is 19.4. The summed E-state index contributed by atoms with van der Waals surface area (Å²) in [4.78, 5) is 14.1. The van der Waals surface area contributed by atoms with Gasteiger partial charge in [-0.25, -0.2) is 4.98 Å². The van der Waals surface area contributed by atoms with Gasteiger partial charge in [0.05, 0.1) is 6.33 Å². The molecule has 154 valence electrons. The van der Waals surface area contributed by atoms with Gasteiger partial charge in [0.1, 0.15) is 0 Å². The van der Waals surface area contributed by atoms with Crippen molar-refractivity contribution >= 4 is 40.2 Å². The molecule has 0 bridgehead atoms. The molecule has 29 heavy (non-hydrogen) atoms. The first-order chi connectivity index (χ1) is 14.1. The van der Waals surface area contributed by atoms with Crippen molar-refractivity contribution in [1.29, 1.82) is 0 Å². The number of aromatic nitrogens is 4. The Bertz CT molecular complexity index is 946. The Balaban J connectivity index is 1.65. The second kappa shape index (κ2) is 8.97. The Kier molecular flexibility index (Phi) is 6.16. The van der Waals surface area contributed by atoms with Crippen LogP contribution in [0, 0.1) is 0 Å². The number of hydrogen-bond acceptors (Lipinski definition) is 6. The highest BCUT2D eigenvalue weighted by molar-refractivity contribution is 6.30. The predicted molar refractivity (Wildman–Crippen MR) is 119 cm³/mol. The van der Waals surface area contributed by atoms with Crippen LogP contribution in [0.15, 0.2) is 30.6 Å². The summed E-state index contributed by atoms with van der Waals surface area (Å²) in [5.41, 5.74) is 8.57. The van der Waals surface area contributed by atoms with E-state index >= 15 is 0 Å². The number of hydrogen-bond donors (Lipinski definition) is 3. The van der Waals surface area contributed by atoms with Crippen LogP contribution in [0.3, 0.4) is 0 Å². The molecule has 0 saturated heterocycles.